The number of carbonyl (C=O) groups excluding carboxylic acids is 1. The van der Waals surface area contributed by atoms with Crippen LogP contribution < -0.4 is 5.73 Å². The second kappa shape index (κ2) is 6.15. The summed E-state index contributed by atoms with van der Waals surface area (Å²) in [6.45, 7) is 3.66. The Hall–Kier alpha value is -0.680. The Morgan fingerprint density at radius 1 is 1.56 bits per heavy atom. The van der Waals surface area contributed by atoms with E-state index in [1.165, 1.54) is 11.8 Å². The highest BCUT2D eigenvalue weighted by molar-refractivity contribution is 9.10. The summed E-state index contributed by atoms with van der Waals surface area (Å²) >= 11 is 4.74. The zero-order valence-electron chi connectivity index (χ0n) is 9.20. The molecule has 16 heavy (non-hydrogen) atoms. The number of benzene rings is 1. The van der Waals surface area contributed by atoms with Crippen molar-refractivity contribution >= 4 is 39.3 Å². The van der Waals surface area contributed by atoms with Crippen LogP contribution in [0.15, 0.2) is 27.6 Å². The molecular weight excluding hydrogens is 290 g/mol. The highest BCUT2D eigenvalue weighted by Crippen LogP contribution is 2.28. The molecule has 0 amide bonds. The average molecular weight is 304 g/mol. The molecule has 0 saturated carbocycles. The maximum Gasteiger partial charge on any atom is 0.316 e. The van der Waals surface area contributed by atoms with Gasteiger partial charge in [-0.05, 0) is 32.0 Å². The van der Waals surface area contributed by atoms with Crippen molar-refractivity contribution in [3.63, 3.8) is 0 Å². The van der Waals surface area contributed by atoms with Gasteiger partial charge in [-0.15, -0.1) is 11.8 Å². The number of hydrogen-bond donors (Lipinski definition) is 1. The standard InChI is InChI=1S/C11H14BrNO2S/c1-7(2)15-11(14)6-16-10-5-8(12)3-4-9(10)13/h3-5,7H,6,13H2,1-2H3. The largest absolute Gasteiger partial charge is 0.462 e. The van der Waals surface area contributed by atoms with Gasteiger partial charge in [0.2, 0.25) is 0 Å². The van der Waals surface area contributed by atoms with Crippen molar-refractivity contribution in [2.24, 2.45) is 0 Å². The fraction of sp³-hybridized carbons (Fsp3) is 0.364. The van der Waals surface area contributed by atoms with Crippen LogP contribution in [0.5, 0.6) is 0 Å². The van der Waals surface area contributed by atoms with E-state index in [4.69, 9.17) is 10.5 Å². The minimum atomic E-state index is -0.223. The van der Waals surface area contributed by atoms with Crippen LogP contribution in [0.3, 0.4) is 0 Å². The van der Waals surface area contributed by atoms with E-state index in [9.17, 15) is 4.79 Å². The number of hydrogen-bond acceptors (Lipinski definition) is 4. The van der Waals surface area contributed by atoms with Crippen molar-refractivity contribution in [3.8, 4) is 0 Å². The molecule has 0 aliphatic rings. The number of thioether (sulfide) groups is 1. The lowest BCUT2D eigenvalue weighted by molar-refractivity contribution is -0.144. The van der Waals surface area contributed by atoms with Gasteiger partial charge in [0.1, 0.15) is 0 Å². The molecule has 0 heterocycles. The molecule has 5 heteroatoms. The van der Waals surface area contributed by atoms with Crippen molar-refractivity contribution in [3.05, 3.63) is 22.7 Å². The average Bonchev–Trinajstić information content (AvgIpc) is 2.18. The van der Waals surface area contributed by atoms with E-state index in [0.717, 1.165) is 9.37 Å². The maximum absolute atomic E-state index is 11.3. The molecule has 1 aromatic carbocycles. The van der Waals surface area contributed by atoms with Crippen molar-refractivity contribution < 1.29 is 9.53 Å². The number of anilines is 1. The third-order valence-corrected chi connectivity index (χ3v) is 3.23. The molecule has 3 nitrogen and oxygen atoms in total. The molecule has 1 rings (SSSR count). The maximum atomic E-state index is 11.3. The second-order valence-corrected chi connectivity index (χ2v) is 5.44. The molecule has 0 atom stereocenters. The van der Waals surface area contributed by atoms with E-state index in [-0.39, 0.29) is 17.8 Å². The molecule has 0 unspecified atom stereocenters. The van der Waals surface area contributed by atoms with Crippen LogP contribution in [0.4, 0.5) is 5.69 Å². The van der Waals surface area contributed by atoms with Crippen LogP contribution in [0.2, 0.25) is 0 Å². The quantitative estimate of drug-likeness (QED) is 0.527. The number of carbonyl (C=O) groups is 1. The summed E-state index contributed by atoms with van der Waals surface area (Å²) in [5.41, 5.74) is 6.45. The van der Waals surface area contributed by atoms with E-state index in [0.29, 0.717) is 5.69 Å². The van der Waals surface area contributed by atoms with Crippen molar-refractivity contribution in [2.45, 2.75) is 24.8 Å². The molecule has 0 spiro atoms. The lowest BCUT2D eigenvalue weighted by Gasteiger charge is -2.08. The molecule has 0 radical (unpaired) electrons. The second-order valence-electron chi connectivity index (χ2n) is 3.51. The van der Waals surface area contributed by atoms with Gasteiger partial charge in [0.25, 0.3) is 0 Å². The summed E-state index contributed by atoms with van der Waals surface area (Å²) in [7, 11) is 0. The Labute approximate surface area is 108 Å². The molecule has 88 valence electrons. The van der Waals surface area contributed by atoms with E-state index in [1.807, 2.05) is 26.0 Å². The zero-order valence-corrected chi connectivity index (χ0v) is 11.6. The van der Waals surface area contributed by atoms with Crippen molar-refractivity contribution in [2.75, 3.05) is 11.5 Å². The van der Waals surface area contributed by atoms with Gasteiger partial charge in [-0.25, -0.2) is 0 Å². The monoisotopic (exact) mass is 303 g/mol. The summed E-state index contributed by atoms with van der Waals surface area (Å²) in [5.74, 6) is 0.0538. The molecule has 2 N–H and O–H groups in total. The first kappa shape index (κ1) is 13.4. The molecule has 0 aromatic heterocycles. The first-order valence-corrected chi connectivity index (χ1v) is 6.64. The SMILES string of the molecule is CC(C)OC(=O)CSc1cc(Br)ccc1N. The van der Waals surface area contributed by atoms with Crippen LogP contribution in [0, 0.1) is 0 Å². The first-order chi connectivity index (χ1) is 7.49. The van der Waals surface area contributed by atoms with Gasteiger partial charge in [0.05, 0.1) is 11.9 Å². The summed E-state index contributed by atoms with van der Waals surface area (Å²) in [6.07, 6.45) is -0.0760. The normalized spacial score (nSPS) is 10.5. The van der Waals surface area contributed by atoms with Gasteiger partial charge in [-0.2, -0.15) is 0 Å². The lowest BCUT2D eigenvalue weighted by atomic mass is 10.3. The Balaban J connectivity index is 2.54. The van der Waals surface area contributed by atoms with E-state index in [2.05, 4.69) is 15.9 Å². The van der Waals surface area contributed by atoms with Gasteiger partial charge < -0.3 is 10.5 Å². The Bertz CT molecular complexity index is 382. The highest BCUT2D eigenvalue weighted by atomic mass is 79.9. The Morgan fingerprint density at radius 2 is 2.25 bits per heavy atom. The van der Waals surface area contributed by atoms with E-state index < -0.39 is 0 Å². The number of nitrogen functional groups attached to an aromatic ring is 1. The summed E-state index contributed by atoms with van der Waals surface area (Å²) in [5, 5.41) is 0. The first-order valence-electron chi connectivity index (χ1n) is 4.86. The minimum absolute atomic E-state index is 0.0760. The smallest absolute Gasteiger partial charge is 0.316 e. The Morgan fingerprint density at radius 3 is 2.88 bits per heavy atom. The summed E-state index contributed by atoms with van der Waals surface area (Å²) in [6, 6.07) is 5.56. The summed E-state index contributed by atoms with van der Waals surface area (Å²) in [4.78, 5) is 12.2. The van der Waals surface area contributed by atoms with E-state index in [1.54, 1.807) is 6.07 Å². The third kappa shape index (κ3) is 4.45. The van der Waals surface area contributed by atoms with Crippen LogP contribution in [0.1, 0.15) is 13.8 Å². The molecular formula is C11H14BrNO2S. The van der Waals surface area contributed by atoms with Gasteiger partial charge >= 0.3 is 5.97 Å². The molecule has 0 bridgehead atoms. The van der Waals surface area contributed by atoms with Crippen LogP contribution >= 0.6 is 27.7 Å². The van der Waals surface area contributed by atoms with Gasteiger partial charge in [-0.1, -0.05) is 15.9 Å². The molecule has 0 aliphatic heterocycles. The van der Waals surface area contributed by atoms with Crippen molar-refractivity contribution in [1.82, 2.24) is 0 Å². The highest BCUT2D eigenvalue weighted by Gasteiger charge is 2.08. The number of rotatable bonds is 4. The molecule has 0 aliphatic carbocycles. The minimum Gasteiger partial charge on any atom is -0.462 e. The third-order valence-electron chi connectivity index (χ3n) is 1.69. The number of halogens is 1. The fourth-order valence-electron chi connectivity index (χ4n) is 1.07. The number of esters is 1. The van der Waals surface area contributed by atoms with Crippen molar-refractivity contribution in [1.29, 1.82) is 0 Å². The zero-order chi connectivity index (χ0) is 12.1. The number of ether oxygens (including phenoxy) is 1. The Kier molecular flexibility index (Phi) is 5.15. The van der Waals surface area contributed by atoms with Crippen LogP contribution in [-0.4, -0.2) is 17.8 Å². The lowest BCUT2D eigenvalue weighted by Crippen LogP contribution is -2.13. The molecule has 0 fully saturated rings. The predicted octanol–water partition coefficient (Wildman–Crippen LogP) is 3.08. The molecule has 0 saturated heterocycles. The van der Waals surface area contributed by atoms with E-state index >= 15 is 0 Å². The van der Waals surface area contributed by atoms with Crippen LogP contribution in [-0.2, 0) is 9.53 Å². The molecule has 1 aromatic rings. The van der Waals surface area contributed by atoms with Gasteiger partial charge in [0, 0.05) is 15.1 Å². The van der Waals surface area contributed by atoms with Gasteiger partial charge in [0.15, 0.2) is 0 Å². The fourth-order valence-corrected chi connectivity index (χ4v) is 2.37. The predicted molar refractivity (Wildman–Crippen MR) is 70.5 cm³/mol. The topological polar surface area (TPSA) is 52.3 Å². The number of nitrogens with two attached hydrogens (primary N) is 1. The van der Waals surface area contributed by atoms with Crippen LogP contribution in [0.25, 0.3) is 0 Å². The summed E-state index contributed by atoms with van der Waals surface area (Å²) < 4.78 is 5.98. The van der Waals surface area contributed by atoms with Gasteiger partial charge in [-0.3, -0.25) is 4.79 Å².